The standard InChI is InChI=1S/C7H11NO2/c1-3-5-6(4(2)9)8-7(5)10/h5-6H,3H2,1-2H3,(H,8,10)/t5-,6-/m1/s1. The molecule has 1 fully saturated rings. The first-order valence-electron chi connectivity index (χ1n) is 3.47. The average molecular weight is 141 g/mol. The number of β-lactam (4-membered cyclic amide) rings is 1. The Morgan fingerprint density at radius 1 is 1.70 bits per heavy atom. The minimum atomic E-state index is -0.197. The minimum Gasteiger partial charge on any atom is -0.345 e. The normalized spacial score (nSPS) is 30.8. The van der Waals surface area contributed by atoms with E-state index in [-0.39, 0.29) is 23.7 Å². The summed E-state index contributed by atoms with van der Waals surface area (Å²) in [4.78, 5) is 21.4. The fraction of sp³-hybridized carbons (Fsp3) is 0.714. The number of carbonyl (C=O) groups excluding carboxylic acids is 2. The molecule has 1 heterocycles. The van der Waals surface area contributed by atoms with Crippen molar-refractivity contribution in [2.24, 2.45) is 5.92 Å². The molecule has 1 saturated heterocycles. The molecule has 2 atom stereocenters. The molecule has 0 aliphatic carbocycles. The van der Waals surface area contributed by atoms with E-state index < -0.39 is 0 Å². The summed E-state index contributed by atoms with van der Waals surface area (Å²) in [5.41, 5.74) is 0. The van der Waals surface area contributed by atoms with Gasteiger partial charge in [-0.25, -0.2) is 0 Å². The maximum Gasteiger partial charge on any atom is 0.226 e. The first-order valence-corrected chi connectivity index (χ1v) is 3.47. The van der Waals surface area contributed by atoms with Gasteiger partial charge < -0.3 is 5.32 Å². The maximum atomic E-state index is 10.7. The van der Waals surface area contributed by atoms with E-state index in [1.165, 1.54) is 6.92 Å². The van der Waals surface area contributed by atoms with Crippen molar-refractivity contribution in [2.45, 2.75) is 26.3 Å². The second-order valence-corrected chi connectivity index (χ2v) is 2.61. The number of ketones is 1. The number of Topliss-reactive ketones (excluding diaryl/α,β-unsaturated/α-hetero) is 1. The van der Waals surface area contributed by atoms with Gasteiger partial charge in [-0.3, -0.25) is 9.59 Å². The van der Waals surface area contributed by atoms with Crippen molar-refractivity contribution in [1.29, 1.82) is 0 Å². The van der Waals surface area contributed by atoms with E-state index in [0.717, 1.165) is 6.42 Å². The molecule has 56 valence electrons. The van der Waals surface area contributed by atoms with Crippen molar-refractivity contribution in [2.75, 3.05) is 0 Å². The Labute approximate surface area is 59.8 Å². The van der Waals surface area contributed by atoms with Crippen LogP contribution in [0.15, 0.2) is 0 Å². The van der Waals surface area contributed by atoms with Gasteiger partial charge in [0.25, 0.3) is 0 Å². The van der Waals surface area contributed by atoms with E-state index >= 15 is 0 Å². The number of nitrogens with one attached hydrogen (secondary N) is 1. The van der Waals surface area contributed by atoms with Gasteiger partial charge in [-0.2, -0.15) is 0 Å². The number of amides is 1. The van der Waals surface area contributed by atoms with Crippen LogP contribution in [0.4, 0.5) is 0 Å². The van der Waals surface area contributed by atoms with Crippen LogP contribution in [-0.4, -0.2) is 17.7 Å². The molecule has 1 N–H and O–H groups in total. The Morgan fingerprint density at radius 2 is 2.30 bits per heavy atom. The number of hydrogen-bond acceptors (Lipinski definition) is 2. The third-order valence-electron chi connectivity index (χ3n) is 1.91. The average Bonchev–Trinajstić information content (AvgIpc) is 1.83. The van der Waals surface area contributed by atoms with Gasteiger partial charge in [0, 0.05) is 0 Å². The molecular weight excluding hydrogens is 130 g/mol. The van der Waals surface area contributed by atoms with Crippen LogP contribution in [0.1, 0.15) is 20.3 Å². The second-order valence-electron chi connectivity index (χ2n) is 2.61. The summed E-state index contributed by atoms with van der Waals surface area (Å²) in [5, 5.41) is 2.55. The summed E-state index contributed by atoms with van der Waals surface area (Å²) in [6, 6.07) is -0.197. The third kappa shape index (κ3) is 0.916. The summed E-state index contributed by atoms with van der Waals surface area (Å²) < 4.78 is 0. The van der Waals surface area contributed by atoms with Crippen molar-refractivity contribution in [1.82, 2.24) is 5.32 Å². The molecule has 0 unspecified atom stereocenters. The van der Waals surface area contributed by atoms with Gasteiger partial charge in [-0.1, -0.05) is 6.92 Å². The van der Waals surface area contributed by atoms with E-state index in [2.05, 4.69) is 5.32 Å². The van der Waals surface area contributed by atoms with Gasteiger partial charge in [-0.05, 0) is 13.3 Å². The van der Waals surface area contributed by atoms with E-state index in [1.54, 1.807) is 0 Å². The zero-order chi connectivity index (χ0) is 7.72. The molecule has 0 radical (unpaired) electrons. The van der Waals surface area contributed by atoms with E-state index in [4.69, 9.17) is 0 Å². The highest BCUT2D eigenvalue weighted by Gasteiger charge is 2.40. The quantitative estimate of drug-likeness (QED) is 0.554. The molecule has 3 heteroatoms. The second kappa shape index (κ2) is 2.40. The van der Waals surface area contributed by atoms with Crippen LogP contribution in [0.2, 0.25) is 0 Å². The van der Waals surface area contributed by atoms with Crippen molar-refractivity contribution in [3.05, 3.63) is 0 Å². The highest BCUT2D eigenvalue weighted by Crippen LogP contribution is 2.18. The van der Waals surface area contributed by atoms with Crippen LogP contribution in [0.3, 0.4) is 0 Å². The van der Waals surface area contributed by atoms with Gasteiger partial charge in [-0.15, -0.1) is 0 Å². The molecular formula is C7H11NO2. The van der Waals surface area contributed by atoms with E-state index in [0.29, 0.717) is 0 Å². The van der Waals surface area contributed by atoms with Gasteiger partial charge in [0.2, 0.25) is 5.91 Å². The lowest BCUT2D eigenvalue weighted by Gasteiger charge is -2.33. The van der Waals surface area contributed by atoms with E-state index in [9.17, 15) is 9.59 Å². The van der Waals surface area contributed by atoms with Crippen LogP contribution >= 0.6 is 0 Å². The summed E-state index contributed by atoms with van der Waals surface area (Å²) in [7, 11) is 0. The first-order chi connectivity index (χ1) is 4.66. The Hall–Kier alpha value is -0.860. The van der Waals surface area contributed by atoms with Crippen LogP contribution < -0.4 is 5.32 Å². The SMILES string of the molecule is CC[C@H]1C(=O)N[C@@H]1C(C)=O. The fourth-order valence-corrected chi connectivity index (χ4v) is 1.22. The largest absolute Gasteiger partial charge is 0.345 e. The Bertz CT molecular complexity index is 168. The molecule has 1 rings (SSSR count). The molecule has 0 saturated carbocycles. The van der Waals surface area contributed by atoms with Crippen molar-refractivity contribution < 1.29 is 9.59 Å². The van der Waals surface area contributed by atoms with Crippen LogP contribution in [0, 0.1) is 5.92 Å². The van der Waals surface area contributed by atoms with Crippen LogP contribution in [0.5, 0.6) is 0 Å². The molecule has 0 bridgehead atoms. The summed E-state index contributed by atoms with van der Waals surface area (Å²) in [6.45, 7) is 3.42. The van der Waals surface area contributed by atoms with Crippen molar-refractivity contribution in [3.8, 4) is 0 Å². The zero-order valence-electron chi connectivity index (χ0n) is 6.18. The number of hydrogen-bond donors (Lipinski definition) is 1. The van der Waals surface area contributed by atoms with Crippen molar-refractivity contribution in [3.63, 3.8) is 0 Å². The Morgan fingerprint density at radius 3 is 2.50 bits per heavy atom. The lowest BCUT2D eigenvalue weighted by molar-refractivity contribution is -0.141. The summed E-state index contributed by atoms with van der Waals surface area (Å²) in [6.07, 6.45) is 0.760. The molecule has 10 heavy (non-hydrogen) atoms. The van der Waals surface area contributed by atoms with Crippen molar-refractivity contribution >= 4 is 11.7 Å². The lowest BCUT2D eigenvalue weighted by Crippen LogP contribution is -2.61. The maximum absolute atomic E-state index is 10.7. The van der Waals surface area contributed by atoms with Crippen LogP contribution in [0.25, 0.3) is 0 Å². The Balaban J connectivity index is 2.53. The fourth-order valence-electron chi connectivity index (χ4n) is 1.22. The van der Waals surface area contributed by atoms with Gasteiger partial charge in [0.05, 0.1) is 12.0 Å². The molecule has 1 aliphatic heterocycles. The number of rotatable bonds is 2. The van der Waals surface area contributed by atoms with Gasteiger partial charge in [0.15, 0.2) is 5.78 Å². The molecule has 0 aromatic heterocycles. The predicted molar refractivity (Wildman–Crippen MR) is 36.4 cm³/mol. The monoisotopic (exact) mass is 141 g/mol. The first kappa shape index (κ1) is 7.25. The molecule has 0 aromatic rings. The Kier molecular flexibility index (Phi) is 1.74. The predicted octanol–water partition coefficient (Wildman–Crippen LogP) is 0.1000. The molecule has 1 aliphatic rings. The molecule has 0 aromatic carbocycles. The minimum absolute atomic E-state index is 0.0164. The zero-order valence-corrected chi connectivity index (χ0v) is 6.18. The lowest BCUT2D eigenvalue weighted by atomic mass is 9.86. The van der Waals surface area contributed by atoms with Gasteiger partial charge >= 0.3 is 0 Å². The molecule has 1 amide bonds. The van der Waals surface area contributed by atoms with E-state index in [1.807, 2.05) is 6.92 Å². The summed E-state index contributed by atoms with van der Waals surface area (Å²) >= 11 is 0. The third-order valence-corrected chi connectivity index (χ3v) is 1.91. The van der Waals surface area contributed by atoms with Crippen LogP contribution in [-0.2, 0) is 9.59 Å². The van der Waals surface area contributed by atoms with Gasteiger partial charge in [0.1, 0.15) is 0 Å². The summed E-state index contributed by atoms with van der Waals surface area (Å²) in [5.74, 6) is 0.0200. The molecule has 3 nitrogen and oxygen atoms in total. The molecule has 0 spiro atoms. The highest BCUT2D eigenvalue weighted by molar-refractivity contribution is 5.99. The smallest absolute Gasteiger partial charge is 0.226 e. The highest BCUT2D eigenvalue weighted by atomic mass is 16.2. The number of carbonyl (C=O) groups is 2. The topological polar surface area (TPSA) is 46.2 Å².